The number of carbonyl (C=O) groups excluding carboxylic acids is 1. The Hall–Kier alpha value is -2.67. The molecule has 3 rings (SSSR count). The van der Waals surface area contributed by atoms with Crippen LogP contribution >= 0.6 is 11.3 Å². The van der Waals surface area contributed by atoms with Gasteiger partial charge in [0.15, 0.2) is 4.96 Å². The summed E-state index contributed by atoms with van der Waals surface area (Å²) in [6.07, 6.45) is 2.99. The number of benzene rings is 1. The minimum Gasteiger partial charge on any atom is -0.378 e. The highest BCUT2D eigenvalue weighted by atomic mass is 32.1. The molecule has 3 aromatic rings. The molecule has 7 heteroatoms. The predicted molar refractivity (Wildman–Crippen MR) is 95.9 cm³/mol. The summed E-state index contributed by atoms with van der Waals surface area (Å²) in [5.74, 6) is -0.329. The maximum absolute atomic E-state index is 12.6. The van der Waals surface area contributed by atoms with Crippen LogP contribution in [0.15, 0.2) is 46.8 Å². The van der Waals surface area contributed by atoms with E-state index in [0.29, 0.717) is 11.5 Å². The van der Waals surface area contributed by atoms with Crippen LogP contribution in [0, 0.1) is 0 Å². The third kappa shape index (κ3) is 3.03. The number of carbonyl (C=O) groups is 1. The van der Waals surface area contributed by atoms with Crippen LogP contribution in [-0.4, -0.2) is 41.3 Å². The normalized spacial score (nSPS) is 10.8. The van der Waals surface area contributed by atoms with E-state index in [1.165, 1.54) is 26.8 Å². The molecular formula is C17H18N4O2S. The average Bonchev–Trinajstić information content (AvgIpc) is 3.04. The molecule has 0 bridgehead atoms. The number of aromatic nitrogens is 2. The zero-order chi connectivity index (χ0) is 17.3. The first-order valence-corrected chi connectivity index (χ1v) is 8.32. The number of thiazole rings is 1. The van der Waals surface area contributed by atoms with Crippen molar-refractivity contribution in [3.05, 3.63) is 63.5 Å². The van der Waals surface area contributed by atoms with Crippen LogP contribution in [0.1, 0.15) is 15.9 Å². The molecule has 2 heterocycles. The summed E-state index contributed by atoms with van der Waals surface area (Å²) in [5.41, 5.74) is 1.85. The standard InChI is InChI=1S/C17H18N4O2S/c1-19(2)13-6-4-12(5-7-13)11-20(3)15(22)14-10-18-17-21(16(14)23)8-9-24-17/h4-10H,11H2,1-3H3. The lowest BCUT2D eigenvalue weighted by Crippen LogP contribution is -2.32. The molecule has 2 aromatic heterocycles. The molecule has 1 amide bonds. The van der Waals surface area contributed by atoms with E-state index in [1.807, 2.05) is 43.3 Å². The fourth-order valence-corrected chi connectivity index (χ4v) is 3.10. The highest BCUT2D eigenvalue weighted by Gasteiger charge is 2.18. The SMILES string of the molecule is CN(Cc1ccc(N(C)C)cc1)C(=O)c1cnc2sccn2c1=O. The molecule has 0 unspecified atom stereocenters. The number of nitrogens with zero attached hydrogens (tertiary/aromatic N) is 4. The summed E-state index contributed by atoms with van der Waals surface area (Å²) in [6.45, 7) is 0.429. The minimum atomic E-state index is -0.332. The molecule has 0 saturated carbocycles. The van der Waals surface area contributed by atoms with Gasteiger partial charge in [-0.1, -0.05) is 12.1 Å². The molecule has 0 aliphatic rings. The van der Waals surface area contributed by atoms with Crippen LogP contribution in [0.3, 0.4) is 0 Å². The summed E-state index contributed by atoms with van der Waals surface area (Å²) < 4.78 is 1.40. The van der Waals surface area contributed by atoms with Crippen molar-refractivity contribution in [1.82, 2.24) is 14.3 Å². The van der Waals surface area contributed by atoms with Gasteiger partial charge in [0.2, 0.25) is 0 Å². The summed E-state index contributed by atoms with van der Waals surface area (Å²) in [5, 5.41) is 1.77. The van der Waals surface area contributed by atoms with E-state index in [0.717, 1.165) is 11.3 Å². The smallest absolute Gasteiger partial charge is 0.271 e. The molecule has 24 heavy (non-hydrogen) atoms. The molecule has 0 fully saturated rings. The number of fused-ring (bicyclic) bond motifs is 1. The molecule has 0 spiro atoms. The van der Waals surface area contributed by atoms with Crippen LogP contribution in [0.25, 0.3) is 4.96 Å². The number of rotatable bonds is 4. The monoisotopic (exact) mass is 342 g/mol. The van der Waals surface area contributed by atoms with Crippen molar-refractivity contribution >= 4 is 27.9 Å². The maximum atomic E-state index is 12.6. The Morgan fingerprint density at radius 1 is 1.21 bits per heavy atom. The summed E-state index contributed by atoms with van der Waals surface area (Å²) in [7, 11) is 5.64. The third-order valence-corrected chi connectivity index (χ3v) is 4.56. The van der Waals surface area contributed by atoms with E-state index < -0.39 is 0 Å². The van der Waals surface area contributed by atoms with Gasteiger partial charge in [-0.3, -0.25) is 14.0 Å². The summed E-state index contributed by atoms with van der Waals surface area (Å²) in [4.78, 5) is 33.3. The molecular weight excluding hydrogens is 324 g/mol. The van der Waals surface area contributed by atoms with Crippen LogP contribution in [0.2, 0.25) is 0 Å². The van der Waals surface area contributed by atoms with Gasteiger partial charge in [0, 0.05) is 51.1 Å². The van der Waals surface area contributed by atoms with E-state index in [-0.39, 0.29) is 17.0 Å². The molecule has 0 N–H and O–H groups in total. The van der Waals surface area contributed by atoms with E-state index in [9.17, 15) is 9.59 Å². The summed E-state index contributed by atoms with van der Waals surface area (Å²) in [6, 6.07) is 7.96. The van der Waals surface area contributed by atoms with Gasteiger partial charge in [0.25, 0.3) is 11.5 Å². The quantitative estimate of drug-likeness (QED) is 0.728. The van der Waals surface area contributed by atoms with Gasteiger partial charge in [0.05, 0.1) is 0 Å². The topological polar surface area (TPSA) is 57.9 Å². The molecule has 6 nitrogen and oxygen atoms in total. The van der Waals surface area contributed by atoms with Crippen molar-refractivity contribution in [2.24, 2.45) is 0 Å². The highest BCUT2D eigenvalue weighted by molar-refractivity contribution is 7.15. The third-order valence-electron chi connectivity index (χ3n) is 3.79. The van der Waals surface area contributed by atoms with Gasteiger partial charge in [-0.2, -0.15) is 0 Å². The number of amides is 1. The molecule has 0 atom stereocenters. The lowest BCUT2D eigenvalue weighted by molar-refractivity contribution is 0.0782. The zero-order valence-corrected chi connectivity index (χ0v) is 14.6. The van der Waals surface area contributed by atoms with E-state index in [2.05, 4.69) is 4.98 Å². The largest absolute Gasteiger partial charge is 0.378 e. The number of hydrogen-bond acceptors (Lipinski definition) is 5. The fraction of sp³-hybridized carbons (Fsp3) is 0.235. The second-order valence-electron chi connectivity index (χ2n) is 5.75. The van der Waals surface area contributed by atoms with E-state index >= 15 is 0 Å². The van der Waals surface area contributed by atoms with Gasteiger partial charge in [0.1, 0.15) is 5.56 Å². The van der Waals surface area contributed by atoms with Crippen molar-refractivity contribution in [2.75, 3.05) is 26.0 Å². The van der Waals surface area contributed by atoms with Crippen LogP contribution in [0.5, 0.6) is 0 Å². The van der Waals surface area contributed by atoms with Gasteiger partial charge < -0.3 is 9.80 Å². The first-order chi connectivity index (χ1) is 11.5. The lowest BCUT2D eigenvalue weighted by atomic mass is 10.2. The first kappa shape index (κ1) is 16.2. The van der Waals surface area contributed by atoms with Crippen molar-refractivity contribution in [3.63, 3.8) is 0 Å². The average molecular weight is 342 g/mol. The zero-order valence-electron chi connectivity index (χ0n) is 13.8. The van der Waals surface area contributed by atoms with E-state index in [1.54, 1.807) is 18.6 Å². The molecule has 1 aromatic carbocycles. The maximum Gasteiger partial charge on any atom is 0.271 e. The Morgan fingerprint density at radius 2 is 1.92 bits per heavy atom. The Morgan fingerprint density at radius 3 is 2.58 bits per heavy atom. The van der Waals surface area contributed by atoms with Gasteiger partial charge in [-0.05, 0) is 17.7 Å². The number of hydrogen-bond donors (Lipinski definition) is 0. The minimum absolute atomic E-state index is 0.0818. The van der Waals surface area contributed by atoms with Crippen molar-refractivity contribution in [2.45, 2.75) is 6.54 Å². The second kappa shape index (κ2) is 6.45. The molecule has 0 aliphatic carbocycles. The van der Waals surface area contributed by atoms with Crippen LogP contribution < -0.4 is 10.5 Å². The molecule has 0 saturated heterocycles. The Bertz CT molecular complexity index is 928. The fourth-order valence-electron chi connectivity index (χ4n) is 2.42. The Labute approximate surface area is 143 Å². The first-order valence-electron chi connectivity index (χ1n) is 7.44. The summed E-state index contributed by atoms with van der Waals surface area (Å²) >= 11 is 1.36. The second-order valence-corrected chi connectivity index (χ2v) is 6.63. The van der Waals surface area contributed by atoms with Crippen LogP contribution in [0.4, 0.5) is 5.69 Å². The van der Waals surface area contributed by atoms with Gasteiger partial charge in [-0.25, -0.2) is 4.98 Å². The van der Waals surface area contributed by atoms with Crippen molar-refractivity contribution < 1.29 is 4.79 Å². The van der Waals surface area contributed by atoms with Gasteiger partial charge in [-0.15, -0.1) is 11.3 Å². The number of anilines is 1. The molecule has 0 aliphatic heterocycles. The predicted octanol–water partition coefficient (Wildman–Crippen LogP) is 2.09. The molecule has 124 valence electrons. The van der Waals surface area contributed by atoms with E-state index in [4.69, 9.17) is 0 Å². The Kier molecular flexibility index (Phi) is 4.35. The van der Waals surface area contributed by atoms with Gasteiger partial charge >= 0.3 is 0 Å². The molecule has 0 radical (unpaired) electrons. The van der Waals surface area contributed by atoms with Crippen molar-refractivity contribution in [3.8, 4) is 0 Å². The Balaban J connectivity index is 1.80. The van der Waals surface area contributed by atoms with Crippen LogP contribution in [-0.2, 0) is 6.54 Å². The lowest BCUT2D eigenvalue weighted by Gasteiger charge is -2.18. The van der Waals surface area contributed by atoms with Crippen molar-refractivity contribution in [1.29, 1.82) is 0 Å². The highest BCUT2D eigenvalue weighted by Crippen LogP contribution is 2.14.